The normalized spacial score (nSPS) is 17.3. The second kappa shape index (κ2) is 6.37. The van der Waals surface area contributed by atoms with Crippen LogP contribution in [-0.4, -0.2) is 33.2 Å². The van der Waals surface area contributed by atoms with Gasteiger partial charge in [0.1, 0.15) is 11.5 Å². The van der Waals surface area contributed by atoms with E-state index in [9.17, 15) is 4.79 Å². The van der Waals surface area contributed by atoms with Crippen LogP contribution < -0.4 is 5.73 Å². The molecular formula is C20H22N4O2. The summed E-state index contributed by atoms with van der Waals surface area (Å²) in [6, 6.07) is 7.36. The molecule has 0 fully saturated rings. The summed E-state index contributed by atoms with van der Waals surface area (Å²) in [5.74, 6) is 0.850. The van der Waals surface area contributed by atoms with E-state index in [0.29, 0.717) is 17.6 Å². The summed E-state index contributed by atoms with van der Waals surface area (Å²) >= 11 is 0. The monoisotopic (exact) mass is 350 g/mol. The molecule has 3 aromatic heterocycles. The third-order valence-electron chi connectivity index (χ3n) is 4.93. The second-order valence-corrected chi connectivity index (χ2v) is 6.92. The van der Waals surface area contributed by atoms with Crippen molar-refractivity contribution in [2.45, 2.75) is 32.2 Å². The number of furan rings is 1. The molecule has 1 aliphatic rings. The first-order valence-electron chi connectivity index (χ1n) is 8.85. The number of H-pyrrole nitrogens is 1. The molecule has 0 radical (unpaired) electrons. The summed E-state index contributed by atoms with van der Waals surface area (Å²) in [6.07, 6.45) is 6.75. The van der Waals surface area contributed by atoms with Crippen molar-refractivity contribution in [2.24, 2.45) is 0 Å². The fourth-order valence-corrected chi connectivity index (χ4v) is 3.49. The van der Waals surface area contributed by atoms with Gasteiger partial charge in [0, 0.05) is 24.1 Å². The van der Waals surface area contributed by atoms with Gasteiger partial charge in [0.05, 0.1) is 17.3 Å². The maximum absolute atomic E-state index is 12.5. The van der Waals surface area contributed by atoms with E-state index >= 15 is 0 Å². The number of carbonyl (C=O) groups is 1. The number of allylic oxidation sites excluding steroid dienone is 1. The Bertz CT molecular complexity index is 969. The molecule has 134 valence electrons. The van der Waals surface area contributed by atoms with Crippen LogP contribution in [0.25, 0.3) is 11.0 Å². The molecule has 0 spiro atoms. The maximum Gasteiger partial charge on any atom is 0.246 e. The van der Waals surface area contributed by atoms with Crippen LogP contribution in [-0.2, 0) is 0 Å². The Morgan fingerprint density at radius 2 is 2.23 bits per heavy atom. The van der Waals surface area contributed by atoms with Gasteiger partial charge in [-0.2, -0.15) is 0 Å². The van der Waals surface area contributed by atoms with Gasteiger partial charge in [0.2, 0.25) is 5.78 Å². The van der Waals surface area contributed by atoms with Gasteiger partial charge in [0.25, 0.3) is 0 Å². The number of hydrogen-bond donors (Lipinski definition) is 2. The number of aromatic nitrogens is 2. The highest BCUT2D eigenvalue weighted by Gasteiger charge is 2.24. The number of nitrogens with one attached hydrogen (secondary N) is 1. The molecule has 26 heavy (non-hydrogen) atoms. The van der Waals surface area contributed by atoms with E-state index in [2.05, 4.69) is 41.0 Å². The van der Waals surface area contributed by atoms with Crippen LogP contribution in [0.5, 0.6) is 0 Å². The minimum absolute atomic E-state index is 0.181. The molecule has 6 heteroatoms. The molecule has 4 rings (SSSR count). The summed E-state index contributed by atoms with van der Waals surface area (Å²) in [5, 5.41) is 0. The second-order valence-electron chi connectivity index (χ2n) is 6.92. The van der Waals surface area contributed by atoms with Gasteiger partial charge in [0.15, 0.2) is 5.76 Å². The van der Waals surface area contributed by atoms with Crippen molar-refractivity contribution in [3.05, 3.63) is 59.8 Å². The van der Waals surface area contributed by atoms with Gasteiger partial charge in [-0.15, -0.1) is 0 Å². The number of carbonyl (C=O) groups excluding carboxylic acids is 1. The topological polar surface area (TPSA) is 88.1 Å². The minimum atomic E-state index is -0.229. The fourth-order valence-electron chi connectivity index (χ4n) is 3.49. The highest BCUT2D eigenvalue weighted by molar-refractivity contribution is 6.07. The lowest BCUT2D eigenvalue weighted by Gasteiger charge is -2.31. The van der Waals surface area contributed by atoms with Crippen LogP contribution >= 0.6 is 0 Å². The number of aromatic amines is 1. The number of anilines is 1. The molecule has 1 unspecified atom stereocenters. The molecule has 1 aliphatic heterocycles. The van der Waals surface area contributed by atoms with Crippen molar-refractivity contribution in [1.29, 1.82) is 0 Å². The summed E-state index contributed by atoms with van der Waals surface area (Å²) in [7, 11) is 0. The van der Waals surface area contributed by atoms with Crippen molar-refractivity contribution < 1.29 is 9.21 Å². The molecule has 0 aliphatic carbocycles. The van der Waals surface area contributed by atoms with E-state index in [1.165, 1.54) is 6.26 Å². The SMILES string of the molecule is CC(C)N1C=CC(c2c(N)[nH]c3ccc(C(=O)c4ccco4)nc23)CC1. The molecule has 1 atom stereocenters. The molecule has 0 saturated heterocycles. The first-order valence-corrected chi connectivity index (χ1v) is 8.85. The maximum atomic E-state index is 12.5. The molecule has 0 saturated carbocycles. The smallest absolute Gasteiger partial charge is 0.246 e. The Morgan fingerprint density at radius 1 is 1.38 bits per heavy atom. The zero-order valence-electron chi connectivity index (χ0n) is 14.9. The van der Waals surface area contributed by atoms with Crippen LogP contribution in [0.2, 0.25) is 0 Å². The summed E-state index contributed by atoms with van der Waals surface area (Å²) in [5.41, 5.74) is 9.17. The number of hydrogen-bond acceptors (Lipinski definition) is 5. The Labute approximate surface area is 151 Å². The van der Waals surface area contributed by atoms with Crippen LogP contribution in [0.15, 0.2) is 47.2 Å². The molecule has 0 bridgehead atoms. The predicted molar refractivity (Wildman–Crippen MR) is 101 cm³/mol. The van der Waals surface area contributed by atoms with Gasteiger partial charge < -0.3 is 20.0 Å². The van der Waals surface area contributed by atoms with Crippen LogP contribution in [0, 0.1) is 0 Å². The Hall–Kier alpha value is -3.02. The van der Waals surface area contributed by atoms with Gasteiger partial charge in [-0.3, -0.25) is 4.79 Å². The fraction of sp³-hybridized carbons (Fsp3) is 0.300. The lowest BCUT2D eigenvalue weighted by molar-refractivity contribution is 0.100. The number of pyridine rings is 1. The molecular weight excluding hydrogens is 328 g/mol. The van der Waals surface area contributed by atoms with E-state index in [1.54, 1.807) is 18.2 Å². The van der Waals surface area contributed by atoms with Crippen LogP contribution in [0.1, 0.15) is 48.0 Å². The first kappa shape index (κ1) is 16.4. The number of fused-ring (bicyclic) bond motifs is 1. The molecule has 3 aromatic rings. The summed E-state index contributed by atoms with van der Waals surface area (Å²) < 4.78 is 5.21. The predicted octanol–water partition coefficient (Wildman–Crippen LogP) is 3.68. The van der Waals surface area contributed by atoms with Gasteiger partial charge in [-0.1, -0.05) is 6.08 Å². The quantitative estimate of drug-likeness (QED) is 0.701. The Kier molecular flexibility index (Phi) is 4.03. The van der Waals surface area contributed by atoms with Crippen molar-refractivity contribution in [2.75, 3.05) is 12.3 Å². The zero-order valence-corrected chi connectivity index (χ0v) is 14.9. The van der Waals surface area contributed by atoms with E-state index in [0.717, 1.165) is 29.6 Å². The highest BCUT2D eigenvalue weighted by atomic mass is 16.3. The zero-order chi connectivity index (χ0) is 18.3. The largest absolute Gasteiger partial charge is 0.461 e. The van der Waals surface area contributed by atoms with Crippen molar-refractivity contribution in [1.82, 2.24) is 14.9 Å². The van der Waals surface area contributed by atoms with Gasteiger partial charge in [-0.25, -0.2) is 4.98 Å². The van der Waals surface area contributed by atoms with Crippen LogP contribution in [0.3, 0.4) is 0 Å². The van der Waals surface area contributed by atoms with Crippen LogP contribution in [0.4, 0.5) is 5.82 Å². The van der Waals surface area contributed by atoms with E-state index < -0.39 is 0 Å². The van der Waals surface area contributed by atoms with E-state index in [4.69, 9.17) is 10.2 Å². The number of rotatable bonds is 4. The van der Waals surface area contributed by atoms with E-state index in [-0.39, 0.29) is 17.5 Å². The van der Waals surface area contributed by atoms with Crippen molar-refractivity contribution >= 4 is 22.6 Å². The molecule has 3 N–H and O–H groups in total. The Morgan fingerprint density at radius 3 is 2.88 bits per heavy atom. The molecule has 4 heterocycles. The number of nitrogens with zero attached hydrogens (tertiary/aromatic N) is 2. The average Bonchev–Trinajstić information content (AvgIpc) is 3.27. The highest BCUT2D eigenvalue weighted by Crippen LogP contribution is 2.35. The van der Waals surface area contributed by atoms with E-state index in [1.807, 2.05) is 6.07 Å². The van der Waals surface area contributed by atoms with Crippen molar-refractivity contribution in [3.63, 3.8) is 0 Å². The molecule has 6 nitrogen and oxygen atoms in total. The summed E-state index contributed by atoms with van der Waals surface area (Å²) in [4.78, 5) is 22.7. The minimum Gasteiger partial charge on any atom is -0.461 e. The number of ketones is 1. The number of nitrogens with two attached hydrogens (primary N) is 1. The Balaban J connectivity index is 1.73. The lowest BCUT2D eigenvalue weighted by Crippen LogP contribution is -2.30. The van der Waals surface area contributed by atoms with Gasteiger partial charge >= 0.3 is 0 Å². The first-order chi connectivity index (χ1) is 12.5. The number of nitrogen functional groups attached to an aromatic ring is 1. The molecule has 0 amide bonds. The third-order valence-corrected chi connectivity index (χ3v) is 4.93. The lowest BCUT2D eigenvalue weighted by atomic mass is 9.93. The standard InChI is InChI=1S/C20H22N4O2/c1-12(2)24-9-7-13(8-10-24)17-18-14(23-20(17)21)5-6-15(22-18)19(25)16-4-3-11-26-16/h3-7,9,11-13,23H,8,10,21H2,1-2H3. The van der Waals surface area contributed by atoms with Crippen molar-refractivity contribution in [3.8, 4) is 0 Å². The van der Waals surface area contributed by atoms with Gasteiger partial charge in [-0.05, 0) is 50.7 Å². The molecule has 0 aromatic carbocycles. The third kappa shape index (κ3) is 2.77. The summed E-state index contributed by atoms with van der Waals surface area (Å²) in [6.45, 7) is 5.33. The average molecular weight is 350 g/mol.